The van der Waals surface area contributed by atoms with Crippen molar-refractivity contribution in [2.45, 2.75) is 101 Å². The fourth-order valence-electron chi connectivity index (χ4n) is 8.78. The molecule has 12 atom stereocenters. The average molecular weight is 511 g/mol. The van der Waals surface area contributed by atoms with Crippen LogP contribution in [0.1, 0.15) is 58.8 Å². The first-order valence-corrected chi connectivity index (χ1v) is 12.9. The number of rotatable bonds is 3. The van der Waals surface area contributed by atoms with Crippen LogP contribution in [0.5, 0.6) is 0 Å². The number of Topliss-reactive ketones (excluding diaryl/α,β-unsaturated/α-hetero) is 1. The highest BCUT2D eigenvalue weighted by atomic mass is 16.7. The van der Waals surface area contributed by atoms with Crippen LogP contribution in [0.25, 0.3) is 0 Å². The van der Waals surface area contributed by atoms with E-state index in [0.717, 1.165) is 0 Å². The van der Waals surface area contributed by atoms with E-state index in [0.29, 0.717) is 44.1 Å². The topological polar surface area (TPSA) is 174 Å². The molecule has 2 bridgehead atoms. The molecule has 1 saturated heterocycles. The summed E-state index contributed by atoms with van der Waals surface area (Å²) >= 11 is 0. The van der Waals surface area contributed by atoms with Crippen molar-refractivity contribution in [2.75, 3.05) is 6.61 Å². The minimum absolute atomic E-state index is 0.154. The van der Waals surface area contributed by atoms with Crippen molar-refractivity contribution in [3.8, 4) is 0 Å². The van der Waals surface area contributed by atoms with Crippen LogP contribution in [0.3, 0.4) is 0 Å². The van der Waals surface area contributed by atoms with Crippen LogP contribution in [0.2, 0.25) is 0 Å². The van der Waals surface area contributed by atoms with Crippen molar-refractivity contribution >= 4 is 11.8 Å². The van der Waals surface area contributed by atoms with Gasteiger partial charge in [0.05, 0.1) is 23.5 Å². The number of hydrogen-bond donors (Lipinski definition) is 6. The lowest BCUT2D eigenvalue weighted by Gasteiger charge is -2.67. The maximum absolute atomic E-state index is 13.7. The molecule has 0 aromatic heterocycles. The second-order valence-corrected chi connectivity index (χ2v) is 12.2. The van der Waals surface area contributed by atoms with Crippen LogP contribution in [0, 0.1) is 28.1 Å². The van der Waals surface area contributed by atoms with Crippen molar-refractivity contribution < 1.29 is 49.7 Å². The molecule has 1 aliphatic heterocycles. The van der Waals surface area contributed by atoms with Gasteiger partial charge in [0.25, 0.3) is 0 Å². The molecule has 10 heteroatoms. The quantitative estimate of drug-likeness (QED) is 0.216. The number of ether oxygens (including phenoxy) is 2. The summed E-state index contributed by atoms with van der Waals surface area (Å²) in [6, 6.07) is 0. The van der Waals surface area contributed by atoms with E-state index in [2.05, 4.69) is 6.58 Å². The van der Waals surface area contributed by atoms with Gasteiger partial charge in [-0.2, -0.15) is 0 Å². The Hall–Kier alpha value is -1.40. The van der Waals surface area contributed by atoms with E-state index in [1.165, 1.54) is 0 Å². The summed E-state index contributed by atoms with van der Waals surface area (Å²) in [4.78, 5) is 27.1. The van der Waals surface area contributed by atoms with E-state index in [4.69, 9.17) is 9.47 Å². The predicted octanol–water partition coefficient (Wildman–Crippen LogP) is -0.437. The van der Waals surface area contributed by atoms with Gasteiger partial charge in [0, 0.05) is 5.41 Å². The zero-order chi connectivity index (χ0) is 26.4. The van der Waals surface area contributed by atoms with E-state index >= 15 is 0 Å². The van der Waals surface area contributed by atoms with Crippen LogP contribution in [0.4, 0.5) is 0 Å². The van der Waals surface area contributed by atoms with Gasteiger partial charge < -0.3 is 40.1 Å². The van der Waals surface area contributed by atoms with E-state index in [1.54, 1.807) is 6.92 Å². The molecule has 4 aliphatic carbocycles. The van der Waals surface area contributed by atoms with Crippen LogP contribution >= 0.6 is 0 Å². The maximum Gasteiger partial charge on any atom is 0.314 e. The Morgan fingerprint density at radius 3 is 2.47 bits per heavy atom. The molecule has 36 heavy (non-hydrogen) atoms. The molecular weight excluding hydrogens is 472 g/mol. The SMILES string of the molecule is C=C1C(=O)[C@@]23CC[C@@H]4[C@](C)(C(=O)O[C@H]5O[C@H](CO)[C@@H](O)[C@H](O)[C@H]5O)CCC[C@@]4(C)[C@]2(O)[C@@H](O)C[C@@H]1C3. The lowest BCUT2D eigenvalue weighted by atomic mass is 9.38. The number of allylic oxidation sites excluding steroid dienone is 1. The van der Waals surface area contributed by atoms with Crippen molar-refractivity contribution in [1.82, 2.24) is 0 Å². The number of ketones is 1. The Bertz CT molecular complexity index is 966. The zero-order valence-corrected chi connectivity index (χ0v) is 20.8. The Labute approximate surface area is 209 Å². The first-order valence-electron chi connectivity index (χ1n) is 12.9. The molecule has 0 amide bonds. The molecule has 5 aliphatic rings. The van der Waals surface area contributed by atoms with Crippen molar-refractivity contribution in [2.24, 2.45) is 28.1 Å². The minimum Gasteiger partial charge on any atom is -0.432 e. The third kappa shape index (κ3) is 3.03. The van der Waals surface area contributed by atoms with Crippen LogP contribution in [-0.4, -0.2) is 91.4 Å². The Morgan fingerprint density at radius 2 is 1.81 bits per heavy atom. The average Bonchev–Trinajstić information content (AvgIpc) is 3.04. The van der Waals surface area contributed by atoms with Gasteiger partial charge in [0.15, 0.2) is 5.78 Å². The van der Waals surface area contributed by atoms with Gasteiger partial charge in [-0.15, -0.1) is 0 Å². The number of fused-ring (bicyclic) bond motifs is 3. The third-order valence-electron chi connectivity index (χ3n) is 10.7. The highest BCUT2D eigenvalue weighted by Gasteiger charge is 2.78. The smallest absolute Gasteiger partial charge is 0.314 e. The number of esters is 1. The van der Waals surface area contributed by atoms with Crippen molar-refractivity contribution in [1.29, 1.82) is 0 Å². The Kier molecular flexibility index (Phi) is 6.04. The molecule has 1 heterocycles. The molecule has 10 nitrogen and oxygen atoms in total. The van der Waals surface area contributed by atoms with E-state index in [1.807, 2.05) is 6.92 Å². The fourth-order valence-corrected chi connectivity index (χ4v) is 8.78. The summed E-state index contributed by atoms with van der Waals surface area (Å²) in [5, 5.41) is 63.6. The van der Waals surface area contributed by atoms with Gasteiger partial charge in [-0.1, -0.05) is 19.9 Å². The second-order valence-electron chi connectivity index (χ2n) is 12.2. The molecular formula is C26H38O10. The molecule has 0 aromatic carbocycles. The first-order chi connectivity index (χ1) is 16.8. The lowest BCUT2D eigenvalue weighted by Crippen LogP contribution is -2.74. The second kappa shape index (κ2) is 8.30. The van der Waals surface area contributed by atoms with Crippen LogP contribution in [-0.2, 0) is 19.1 Å². The van der Waals surface area contributed by atoms with Gasteiger partial charge >= 0.3 is 5.97 Å². The minimum atomic E-state index is -1.74. The van der Waals surface area contributed by atoms with Crippen molar-refractivity contribution in [3.63, 3.8) is 0 Å². The molecule has 5 rings (SSSR count). The van der Waals surface area contributed by atoms with Gasteiger partial charge in [-0.3, -0.25) is 9.59 Å². The number of hydrogen-bond acceptors (Lipinski definition) is 10. The third-order valence-corrected chi connectivity index (χ3v) is 10.7. The highest BCUT2D eigenvalue weighted by Crippen LogP contribution is 2.72. The summed E-state index contributed by atoms with van der Waals surface area (Å²) in [5.74, 6) is -1.48. The summed E-state index contributed by atoms with van der Waals surface area (Å²) in [7, 11) is 0. The molecule has 0 unspecified atom stereocenters. The summed E-state index contributed by atoms with van der Waals surface area (Å²) in [6.45, 7) is 6.91. The van der Waals surface area contributed by atoms with E-state index in [-0.39, 0.29) is 18.1 Å². The van der Waals surface area contributed by atoms with E-state index in [9.17, 15) is 40.2 Å². The predicted molar refractivity (Wildman–Crippen MR) is 123 cm³/mol. The standard InChI is InChI=1S/C26H38O10/c1-12-13-9-16(28)26(34)24(3)7-4-6-23(2,15(24)5-8-25(26,10-13)20(12)32)22(33)36-21-19(31)18(30)17(29)14(11-27)35-21/h13-19,21,27-31,34H,1,4-11H2,2-3H3/t13-,14-,15-,16+,17-,18+,19-,21-,23-,24-,25+,26-/m1/s1. The van der Waals surface area contributed by atoms with Gasteiger partial charge in [0.1, 0.15) is 30.0 Å². The molecule has 6 N–H and O–H groups in total. The van der Waals surface area contributed by atoms with Gasteiger partial charge in [-0.05, 0) is 62.9 Å². The monoisotopic (exact) mass is 510 g/mol. The lowest BCUT2D eigenvalue weighted by molar-refractivity contribution is -0.307. The molecule has 4 saturated carbocycles. The van der Waals surface area contributed by atoms with Gasteiger partial charge in [-0.25, -0.2) is 0 Å². The summed E-state index contributed by atoms with van der Waals surface area (Å²) in [5.41, 5.74) is -4.51. The van der Waals surface area contributed by atoms with Crippen LogP contribution in [0.15, 0.2) is 12.2 Å². The largest absolute Gasteiger partial charge is 0.432 e. The Morgan fingerprint density at radius 1 is 1.11 bits per heavy atom. The number of aliphatic hydroxyl groups excluding tert-OH is 5. The number of aliphatic hydroxyl groups is 6. The summed E-state index contributed by atoms with van der Waals surface area (Å²) < 4.78 is 11.0. The molecule has 5 fully saturated rings. The first kappa shape index (κ1) is 26.2. The van der Waals surface area contributed by atoms with Crippen molar-refractivity contribution in [3.05, 3.63) is 12.2 Å². The molecule has 1 spiro atoms. The number of carbonyl (C=O) groups is 2. The fraction of sp³-hybridized carbons (Fsp3) is 0.846. The van der Waals surface area contributed by atoms with E-state index < -0.39 is 77.1 Å². The summed E-state index contributed by atoms with van der Waals surface area (Å²) in [6.07, 6.45) is -5.99. The highest BCUT2D eigenvalue weighted by molar-refractivity contribution is 6.04. The Balaban J connectivity index is 1.47. The normalized spacial score (nSPS) is 54.6. The number of carbonyl (C=O) groups excluding carboxylic acids is 2. The zero-order valence-electron chi connectivity index (χ0n) is 20.8. The molecule has 0 radical (unpaired) electrons. The molecule has 202 valence electrons. The molecule has 0 aromatic rings. The van der Waals surface area contributed by atoms with Gasteiger partial charge in [0.2, 0.25) is 6.29 Å². The maximum atomic E-state index is 13.7. The van der Waals surface area contributed by atoms with Crippen LogP contribution < -0.4 is 0 Å².